The van der Waals surface area contributed by atoms with E-state index in [2.05, 4.69) is 44.8 Å². The maximum Gasteiger partial charge on any atom is 0.00670 e. The van der Waals surface area contributed by atoms with Crippen LogP contribution in [0.15, 0.2) is 0 Å². The minimum Gasteiger partial charge on any atom is -0.314 e. The number of hydrogen-bond acceptors (Lipinski definition) is 2. The standard InChI is InChI=1S/C14H30N2/c1-11(2)16(12(3)4)10-6-9-15-13(5)14-7-8-14/h11-15H,6-10H2,1-5H3. The van der Waals surface area contributed by atoms with Crippen LogP contribution in [0, 0.1) is 5.92 Å². The second kappa shape index (κ2) is 6.61. The fourth-order valence-corrected chi connectivity index (χ4v) is 2.47. The van der Waals surface area contributed by atoms with E-state index < -0.39 is 0 Å². The van der Waals surface area contributed by atoms with E-state index in [1.807, 2.05) is 0 Å². The molecular weight excluding hydrogens is 196 g/mol. The van der Waals surface area contributed by atoms with Crippen LogP contribution in [0.3, 0.4) is 0 Å². The average molecular weight is 226 g/mol. The average Bonchev–Trinajstić information content (AvgIpc) is 2.98. The molecule has 0 heterocycles. The first kappa shape index (κ1) is 14.0. The quantitative estimate of drug-likeness (QED) is 0.640. The zero-order valence-electron chi connectivity index (χ0n) is 11.8. The molecule has 96 valence electrons. The second-order valence-electron chi connectivity index (χ2n) is 5.86. The summed E-state index contributed by atoms with van der Waals surface area (Å²) in [4.78, 5) is 2.57. The summed E-state index contributed by atoms with van der Waals surface area (Å²) in [7, 11) is 0. The Morgan fingerprint density at radius 1 is 1.06 bits per heavy atom. The van der Waals surface area contributed by atoms with E-state index in [9.17, 15) is 0 Å². The summed E-state index contributed by atoms with van der Waals surface area (Å²) in [5.74, 6) is 0.978. The highest BCUT2D eigenvalue weighted by Crippen LogP contribution is 2.32. The van der Waals surface area contributed by atoms with Crippen LogP contribution >= 0.6 is 0 Å². The van der Waals surface area contributed by atoms with Crippen LogP contribution in [0.25, 0.3) is 0 Å². The zero-order valence-corrected chi connectivity index (χ0v) is 11.8. The van der Waals surface area contributed by atoms with Gasteiger partial charge in [-0.05, 0) is 72.9 Å². The fraction of sp³-hybridized carbons (Fsp3) is 1.00. The van der Waals surface area contributed by atoms with Crippen LogP contribution in [-0.2, 0) is 0 Å². The maximum absolute atomic E-state index is 3.65. The molecular formula is C14H30N2. The van der Waals surface area contributed by atoms with Crippen molar-refractivity contribution in [2.24, 2.45) is 5.92 Å². The zero-order chi connectivity index (χ0) is 12.1. The molecule has 0 aromatic heterocycles. The maximum atomic E-state index is 3.65. The fourth-order valence-electron chi connectivity index (χ4n) is 2.47. The monoisotopic (exact) mass is 226 g/mol. The van der Waals surface area contributed by atoms with Gasteiger partial charge in [0.1, 0.15) is 0 Å². The van der Waals surface area contributed by atoms with Gasteiger partial charge in [-0.2, -0.15) is 0 Å². The highest BCUT2D eigenvalue weighted by Gasteiger charge is 2.27. The third-order valence-electron chi connectivity index (χ3n) is 3.72. The van der Waals surface area contributed by atoms with Gasteiger partial charge in [0.05, 0.1) is 0 Å². The van der Waals surface area contributed by atoms with Crippen LogP contribution in [0.1, 0.15) is 53.9 Å². The molecule has 2 nitrogen and oxygen atoms in total. The Hall–Kier alpha value is -0.0800. The summed E-state index contributed by atoms with van der Waals surface area (Å²) >= 11 is 0. The molecule has 0 aromatic rings. The van der Waals surface area contributed by atoms with E-state index in [1.165, 1.54) is 32.4 Å². The highest BCUT2D eigenvalue weighted by molar-refractivity contribution is 4.83. The Kier molecular flexibility index (Phi) is 5.77. The lowest BCUT2D eigenvalue weighted by Crippen LogP contribution is -2.39. The molecule has 1 saturated carbocycles. The van der Waals surface area contributed by atoms with Gasteiger partial charge in [-0.3, -0.25) is 4.90 Å². The van der Waals surface area contributed by atoms with Crippen molar-refractivity contribution in [3.8, 4) is 0 Å². The summed E-state index contributed by atoms with van der Waals surface area (Å²) in [6.45, 7) is 13.9. The van der Waals surface area contributed by atoms with E-state index in [0.29, 0.717) is 12.1 Å². The summed E-state index contributed by atoms with van der Waals surface area (Å²) in [6, 6.07) is 2.08. The molecule has 1 unspecified atom stereocenters. The largest absolute Gasteiger partial charge is 0.314 e. The summed E-state index contributed by atoms with van der Waals surface area (Å²) in [5.41, 5.74) is 0. The van der Waals surface area contributed by atoms with Gasteiger partial charge < -0.3 is 5.32 Å². The van der Waals surface area contributed by atoms with Crippen LogP contribution in [0.5, 0.6) is 0 Å². The van der Waals surface area contributed by atoms with Crippen molar-refractivity contribution >= 4 is 0 Å². The van der Waals surface area contributed by atoms with E-state index in [-0.39, 0.29) is 0 Å². The van der Waals surface area contributed by atoms with Crippen LogP contribution in [0.4, 0.5) is 0 Å². The third-order valence-corrected chi connectivity index (χ3v) is 3.72. The SMILES string of the molecule is CC(NCCCN(C(C)C)C(C)C)C1CC1. The molecule has 0 spiro atoms. The molecule has 0 aromatic carbocycles. The Morgan fingerprint density at radius 3 is 2.06 bits per heavy atom. The van der Waals surface area contributed by atoms with Crippen molar-refractivity contribution in [2.45, 2.75) is 72.0 Å². The predicted octanol–water partition coefficient (Wildman–Crippen LogP) is 2.88. The summed E-state index contributed by atoms with van der Waals surface area (Å²) in [5, 5.41) is 3.65. The molecule has 16 heavy (non-hydrogen) atoms. The van der Waals surface area contributed by atoms with Gasteiger partial charge in [-0.1, -0.05) is 0 Å². The number of nitrogens with one attached hydrogen (secondary N) is 1. The molecule has 0 radical (unpaired) electrons. The van der Waals surface area contributed by atoms with Crippen LogP contribution < -0.4 is 5.32 Å². The Balaban J connectivity index is 2.07. The van der Waals surface area contributed by atoms with E-state index in [4.69, 9.17) is 0 Å². The number of nitrogens with zero attached hydrogens (tertiary/aromatic N) is 1. The molecule has 1 fully saturated rings. The minimum atomic E-state index is 0.667. The minimum absolute atomic E-state index is 0.667. The van der Waals surface area contributed by atoms with Crippen molar-refractivity contribution in [3.05, 3.63) is 0 Å². The Bertz CT molecular complexity index is 177. The highest BCUT2D eigenvalue weighted by atomic mass is 15.2. The van der Waals surface area contributed by atoms with Crippen LogP contribution in [-0.4, -0.2) is 36.1 Å². The Labute approximate surface area is 102 Å². The topological polar surface area (TPSA) is 15.3 Å². The normalized spacial score (nSPS) is 18.8. The molecule has 0 amide bonds. The van der Waals surface area contributed by atoms with Gasteiger partial charge in [0, 0.05) is 18.1 Å². The molecule has 0 bridgehead atoms. The molecule has 0 saturated heterocycles. The van der Waals surface area contributed by atoms with Gasteiger partial charge in [0.15, 0.2) is 0 Å². The molecule has 2 heteroatoms. The second-order valence-corrected chi connectivity index (χ2v) is 5.86. The third kappa shape index (κ3) is 4.84. The Morgan fingerprint density at radius 2 is 1.62 bits per heavy atom. The van der Waals surface area contributed by atoms with Crippen LogP contribution in [0.2, 0.25) is 0 Å². The van der Waals surface area contributed by atoms with Gasteiger partial charge in [0.25, 0.3) is 0 Å². The first-order chi connectivity index (χ1) is 7.52. The molecule has 1 rings (SSSR count). The van der Waals surface area contributed by atoms with Gasteiger partial charge in [0.2, 0.25) is 0 Å². The lowest BCUT2D eigenvalue weighted by Gasteiger charge is -2.30. The van der Waals surface area contributed by atoms with Crippen molar-refractivity contribution in [1.82, 2.24) is 10.2 Å². The first-order valence-corrected chi connectivity index (χ1v) is 7.01. The molecule has 1 aliphatic carbocycles. The van der Waals surface area contributed by atoms with Crippen molar-refractivity contribution < 1.29 is 0 Å². The van der Waals surface area contributed by atoms with E-state index >= 15 is 0 Å². The van der Waals surface area contributed by atoms with Gasteiger partial charge in [-0.25, -0.2) is 0 Å². The van der Waals surface area contributed by atoms with E-state index in [0.717, 1.165) is 12.0 Å². The van der Waals surface area contributed by atoms with Crippen molar-refractivity contribution in [3.63, 3.8) is 0 Å². The lowest BCUT2D eigenvalue weighted by atomic mass is 10.2. The number of rotatable bonds is 8. The predicted molar refractivity (Wildman–Crippen MR) is 71.8 cm³/mol. The van der Waals surface area contributed by atoms with E-state index in [1.54, 1.807) is 0 Å². The number of hydrogen-bond donors (Lipinski definition) is 1. The summed E-state index contributed by atoms with van der Waals surface area (Å²) in [6.07, 6.45) is 4.16. The van der Waals surface area contributed by atoms with Crippen molar-refractivity contribution in [2.75, 3.05) is 13.1 Å². The molecule has 1 atom stereocenters. The van der Waals surface area contributed by atoms with Gasteiger partial charge in [-0.15, -0.1) is 0 Å². The molecule has 0 aliphatic heterocycles. The summed E-state index contributed by atoms with van der Waals surface area (Å²) < 4.78 is 0. The molecule has 1 aliphatic rings. The lowest BCUT2D eigenvalue weighted by molar-refractivity contribution is 0.172. The van der Waals surface area contributed by atoms with Gasteiger partial charge >= 0.3 is 0 Å². The van der Waals surface area contributed by atoms with Crippen molar-refractivity contribution in [1.29, 1.82) is 0 Å². The smallest absolute Gasteiger partial charge is 0.00670 e. The molecule has 1 N–H and O–H groups in total. The first-order valence-electron chi connectivity index (χ1n) is 7.01.